The van der Waals surface area contributed by atoms with E-state index >= 15 is 0 Å². The van der Waals surface area contributed by atoms with Crippen LogP contribution in [-0.4, -0.2) is 38.5 Å². The molecular formula is C23H18F3N5O2S. The van der Waals surface area contributed by atoms with Gasteiger partial charge in [-0.15, -0.1) is 10.2 Å². The molecule has 0 saturated carbocycles. The Labute approximate surface area is 197 Å². The van der Waals surface area contributed by atoms with E-state index in [1.807, 2.05) is 16.7 Å². The summed E-state index contributed by atoms with van der Waals surface area (Å²) in [5.41, 5.74) is 1.05. The summed E-state index contributed by atoms with van der Waals surface area (Å²) in [6, 6.07) is 15.2. The van der Waals surface area contributed by atoms with E-state index in [9.17, 15) is 18.0 Å². The number of aromatic nitrogens is 4. The van der Waals surface area contributed by atoms with Crippen molar-refractivity contribution in [3.63, 3.8) is 0 Å². The van der Waals surface area contributed by atoms with E-state index in [0.29, 0.717) is 16.7 Å². The van der Waals surface area contributed by atoms with Gasteiger partial charge in [0.05, 0.1) is 18.4 Å². The lowest BCUT2D eigenvalue weighted by Crippen LogP contribution is -2.15. The number of alkyl halides is 3. The minimum atomic E-state index is -4.43. The maximum absolute atomic E-state index is 12.7. The van der Waals surface area contributed by atoms with Crippen molar-refractivity contribution in [2.75, 3.05) is 18.2 Å². The van der Waals surface area contributed by atoms with Crippen molar-refractivity contribution in [1.29, 1.82) is 0 Å². The highest BCUT2D eigenvalue weighted by Gasteiger charge is 2.30. The largest absolute Gasteiger partial charge is 0.497 e. The van der Waals surface area contributed by atoms with Crippen molar-refractivity contribution < 1.29 is 22.7 Å². The van der Waals surface area contributed by atoms with Crippen LogP contribution >= 0.6 is 11.8 Å². The number of nitrogens with zero attached hydrogens (tertiary/aromatic N) is 4. The maximum atomic E-state index is 12.7. The van der Waals surface area contributed by atoms with Gasteiger partial charge < -0.3 is 10.1 Å². The molecule has 174 valence electrons. The third-order valence-electron chi connectivity index (χ3n) is 4.73. The number of thioether (sulfide) groups is 1. The molecule has 0 aliphatic rings. The highest BCUT2D eigenvalue weighted by molar-refractivity contribution is 7.99. The molecule has 0 aliphatic heterocycles. The fourth-order valence-electron chi connectivity index (χ4n) is 3.09. The zero-order valence-corrected chi connectivity index (χ0v) is 18.6. The summed E-state index contributed by atoms with van der Waals surface area (Å²) in [6.45, 7) is 0. The summed E-state index contributed by atoms with van der Waals surface area (Å²) in [6.07, 6.45) is -1.14. The zero-order chi connectivity index (χ0) is 24.1. The molecular weight excluding hydrogens is 467 g/mol. The monoisotopic (exact) mass is 485 g/mol. The summed E-state index contributed by atoms with van der Waals surface area (Å²) in [4.78, 5) is 16.5. The number of anilines is 1. The molecule has 0 spiro atoms. The van der Waals surface area contributed by atoms with E-state index in [1.165, 1.54) is 12.1 Å². The van der Waals surface area contributed by atoms with Crippen LogP contribution < -0.4 is 10.1 Å². The Kier molecular flexibility index (Phi) is 6.82. The Morgan fingerprint density at radius 2 is 1.68 bits per heavy atom. The van der Waals surface area contributed by atoms with Crippen molar-refractivity contribution in [1.82, 2.24) is 19.7 Å². The Morgan fingerprint density at radius 3 is 2.29 bits per heavy atom. The molecule has 11 heteroatoms. The Bertz CT molecular complexity index is 1260. The molecule has 0 unspecified atom stereocenters. The highest BCUT2D eigenvalue weighted by atomic mass is 32.2. The quantitative estimate of drug-likeness (QED) is 0.368. The van der Waals surface area contributed by atoms with Crippen LogP contribution in [0.5, 0.6) is 5.75 Å². The molecule has 4 rings (SSSR count). The number of nitrogens with one attached hydrogen (secondary N) is 1. The summed E-state index contributed by atoms with van der Waals surface area (Å²) in [7, 11) is 1.58. The molecule has 2 aromatic carbocycles. The standard InChI is InChI=1S/C23H18F3N5O2S/c1-33-19-8-6-18(7-9-19)31-21(15-10-12-27-13-11-15)29-30-22(31)34-14-20(32)28-17-4-2-16(3-5-17)23(24,25)26/h2-13H,14H2,1H3,(H,28,32). The third-order valence-corrected chi connectivity index (χ3v) is 5.66. The van der Waals surface area contributed by atoms with Crippen LogP contribution in [0, 0.1) is 0 Å². The lowest BCUT2D eigenvalue weighted by atomic mass is 10.2. The minimum Gasteiger partial charge on any atom is -0.497 e. The number of amides is 1. The number of methoxy groups -OCH3 is 1. The van der Waals surface area contributed by atoms with Crippen molar-refractivity contribution in [3.05, 3.63) is 78.6 Å². The van der Waals surface area contributed by atoms with Crippen molar-refractivity contribution >= 4 is 23.4 Å². The van der Waals surface area contributed by atoms with Gasteiger partial charge in [0.15, 0.2) is 11.0 Å². The molecule has 0 atom stereocenters. The number of hydrogen-bond acceptors (Lipinski definition) is 6. The first-order valence-corrected chi connectivity index (χ1v) is 10.9. The second kappa shape index (κ2) is 9.96. The predicted octanol–water partition coefficient (Wildman–Crippen LogP) is 5.09. The van der Waals surface area contributed by atoms with Gasteiger partial charge >= 0.3 is 6.18 Å². The molecule has 0 bridgehead atoms. The maximum Gasteiger partial charge on any atom is 0.416 e. The predicted molar refractivity (Wildman–Crippen MR) is 122 cm³/mol. The molecule has 0 fully saturated rings. The number of rotatable bonds is 7. The first-order valence-electron chi connectivity index (χ1n) is 9.95. The van der Waals surface area contributed by atoms with Crippen LogP contribution in [0.25, 0.3) is 17.1 Å². The van der Waals surface area contributed by atoms with E-state index in [0.717, 1.165) is 35.1 Å². The van der Waals surface area contributed by atoms with E-state index in [2.05, 4.69) is 20.5 Å². The zero-order valence-electron chi connectivity index (χ0n) is 17.8. The average molecular weight is 485 g/mol. The molecule has 1 N–H and O–H groups in total. The highest BCUT2D eigenvalue weighted by Crippen LogP contribution is 2.31. The molecule has 1 amide bonds. The number of hydrogen-bond donors (Lipinski definition) is 1. The summed E-state index contributed by atoms with van der Waals surface area (Å²) < 4.78 is 45.2. The van der Waals surface area contributed by atoms with Gasteiger partial charge in [-0.2, -0.15) is 13.2 Å². The summed E-state index contributed by atoms with van der Waals surface area (Å²) in [5.74, 6) is 0.844. The van der Waals surface area contributed by atoms with E-state index in [1.54, 1.807) is 43.8 Å². The lowest BCUT2D eigenvalue weighted by molar-refractivity contribution is -0.137. The number of pyridine rings is 1. The normalized spacial score (nSPS) is 11.3. The number of carbonyl (C=O) groups excluding carboxylic acids is 1. The molecule has 7 nitrogen and oxygen atoms in total. The number of carbonyl (C=O) groups is 1. The molecule has 0 radical (unpaired) electrons. The Balaban J connectivity index is 1.53. The van der Waals surface area contributed by atoms with Gasteiger partial charge in [0, 0.05) is 29.3 Å². The van der Waals surface area contributed by atoms with Gasteiger partial charge in [0.25, 0.3) is 0 Å². The molecule has 2 heterocycles. The van der Waals surface area contributed by atoms with Crippen LogP contribution in [0.2, 0.25) is 0 Å². The Morgan fingerprint density at radius 1 is 1.00 bits per heavy atom. The van der Waals surface area contributed by atoms with Gasteiger partial charge in [0.1, 0.15) is 5.75 Å². The Hall–Kier alpha value is -3.86. The van der Waals surface area contributed by atoms with Gasteiger partial charge in [-0.05, 0) is 60.7 Å². The van der Waals surface area contributed by atoms with Crippen LogP contribution in [-0.2, 0) is 11.0 Å². The minimum absolute atomic E-state index is 0.0222. The van der Waals surface area contributed by atoms with E-state index in [-0.39, 0.29) is 17.3 Å². The van der Waals surface area contributed by atoms with Crippen molar-refractivity contribution in [2.45, 2.75) is 11.3 Å². The van der Waals surface area contributed by atoms with Gasteiger partial charge in [-0.1, -0.05) is 11.8 Å². The lowest BCUT2D eigenvalue weighted by Gasteiger charge is -2.11. The van der Waals surface area contributed by atoms with Crippen LogP contribution in [0.4, 0.5) is 18.9 Å². The fourth-order valence-corrected chi connectivity index (χ4v) is 3.84. The molecule has 4 aromatic rings. The molecule has 2 aromatic heterocycles. The average Bonchev–Trinajstić information content (AvgIpc) is 3.27. The third kappa shape index (κ3) is 5.37. The second-order valence-electron chi connectivity index (χ2n) is 6.99. The second-order valence-corrected chi connectivity index (χ2v) is 7.93. The molecule has 0 aliphatic carbocycles. The number of ether oxygens (including phenoxy) is 1. The van der Waals surface area contributed by atoms with Gasteiger partial charge in [0.2, 0.25) is 5.91 Å². The number of benzene rings is 2. The van der Waals surface area contributed by atoms with Crippen LogP contribution in [0.3, 0.4) is 0 Å². The summed E-state index contributed by atoms with van der Waals surface area (Å²) in [5, 5.41) is 11.6. The SMILES string of the molecule is COc1ccc(-n2c(SCC(=O)Nc3ccc(C(F)(F)F)cc3)nnc2-c2ccncc2)cc1. The first kappa shape index (κ1) is 23.3. The van der Waals surface area contributed by atoms with Gasteiger partial charge in [-0.3, -0.25) is 14.3 Å². The molecule has 0 saturated heterocycles. The topological polar surface area (TPSA) is 81.9 Å². The van der Waals surface area contributed by atoms with Crippen LogP contribution in [0.1, 0.15) is 5.56 Å². The van der Waals surface area contributed by atoms with E-state index < -0.39 is 11.7 Å². The molecule has 34 heavy (non-hydrogen) atoms. The summed E-state index contributed by atoms with van der Waals surface area (Å²) >= 11 is 1.15. The van der Waals surface area contributed by atoms with Gasteiger partial charge in [-0.25, -0.2) is 0 Å². The fraction of sp³-hybridized carbons (Fsp3) is 0.130. The first-order chi connectivity index (χ1) is 16.3. The van der Waals surface area contributed by atoms with E-state index in [4.69, 9.17) is 4.74 Å². The smallest absolute Gasteiger partial charge is 0.416 e. The van der Waals surface area contributed by atoms with Crippen molar-refractivity contribution in [3.8, 4) is 22.8 Å². The van der Waals surface area contributed by atoms with Crippen LogP contribution in [0.15, 0.2) is 78.2 Å². The number of halogens is 3. The van der Waals surface area contributed by atoms with Crippen molar-refractivity contribution in [2.24, 2.45) is 0 Å².